The SMILES string of the molecule is O=C([O-])C1NCCCCN1.[Li+]. The molecule has 0 aromatic heterocycles. The number of carbonyl (C=O) groups excluding carboxylic acids is 1. The number of rotatable bonds is 1. The van der Waals surface area contributed by atoms with Gasteiger partial charge < -0.3 is 9.90 Å². The van der Waals surface area contributed by atoms with E-state index in [9.17, 15) is 9.90 Å². The molecule has 11 heavy (non-hydrogen) atoms. The first-order chi connectivity index (χ1) is 4.80. The summed E-state index contributed by atoms with van der Waals surface area (Å²) < 4.78 is 0. The molecule has 5 heteroatoms. The number of carboxylic acids is 1. The molecule has 1 rings (SSSR count). The van der Waals surface area contributed by atoms with Crippen molar-refractivity contribution < 1.29 is 28.8 Å². The van der Waals surface area contributed by atoms with Gasteiger partial charge in [-0.1, -0.05) is 0 Å². The third kappa shape index (κ3) is 3.78. The molecule has 0 amide bonds. The molecule has 0 radical (unpaired) electrons. The third-order valence-electron chi connectivity index (χ3n) is 1.54. The molecule has 2 N–H and O–H groups in total. The predicted molar refractivity (Wildman–Crippen MR) is 34.0 cm³/mol. The maximum Gasteiger partial charge on any atom is 1.00 e. The van der Waals surface area contributed by atoms with E-state index < -0.39 is 12.1 Å². The number of hydrogen-bond donors (Lipinski definition) is 2. The first-order valence-corrected chi connectivity index (χ1v) is 3.48. The Bertz CT molecular complexity index is 124. The fraction of sp³-hybridized carbons (Fsp3) is 0.833. The van der Waals surface area contributed by atoms with Crippen LogP contribution in [0.25, 0.3) is 0 Å². The van der Waals surface area contributed by atoms with Gasteiger partial charge in [-0.25, -0.2) is 0 Å². The summed E-state index contributed by atoms with van der Waals surface area (Å²) in [7, 11) is 0. The van der Waals surface area contributed by atoms with Crippen molar-refractivity contribution in [2.75, 3.05) is 13.1 Å². The molecule has 58 valence electrons. The van der Waals surface area contributed by atoms with E-state index in [1.807, 2.05) is 0 Å². The molecule has 0 spiro atoms. The van der Waals surface area contributed by atoms with E-state index in [0.717, 1.165) is 25.9 Å². The normalized spacial score (nSPS) is 20.0. The molecule has 4 nitrogen and oxygen atoms in total. The van der Waals surface area contributed by atoms with Crippen LogP contribution in [-0.4, -0.2) is 25.2 Å². The average Bonchev–Trinajstić information content (AvgIpc) is 2.12. The van der Waals surface area contributed by atoms with Gasteiger partial charge in [0.1, 0.15) is 0 Å². The molecule has 0 saturated carbocycles. The van der Waals surface area contributed by atoms with Crippen molar-refractivity contribution >= 4 is 5.97 Å². The van der Waals surface area contributed by atoms with Crippen LogP contribution in [-0.2, 0) is 4.79 Å². The second-order valence-electron chi connectivity index (χ2n) is 2.37. The van der Waals surface area contributed by atoms with Crippen LogP contribution >= 0.6 is 0 Å². The minimum atomic E-state index is -1.07. The molecule has 0 bridgehead atoms. The van der Waals surface area contributed by atoms with Crippen LogP contribution in [0, 0.1) is 0 Å². The number of carbonyl (C=O) groups is 1. The maximum absolute atomic E-state index is 10.3. The quantitative estimate of drug-likeness (QED) is 0.367. The second kappa shape index (κ2) is 5.61. The van der Waals surface area contributed by atoms with E-state index in [4.69, 9.17) is 0 Å². The van der Waals surface area contributed by atoms with E-state index in [1.54, 1.807) is 0 Å². The van der Waals surface area contributed by atoms with Crippen molar-refractivity contribution in [2.24, 2.45) is 0 Å². The zero-order valence-corrected chi connectivity index (χ0v) is 6.72. The molecule has 0 unspecified atom stereocenters. The number of aliphatic carboxylic acids is 1. The van der Waals surface area contributed by atoms with Crippen LogP contribution in [0.2, 0.25) is 0 Å². The Morgan fingerprint density at radius 1 is 1.27 bits per heavy atom. The summed E-state index contributed by atoms with van der Waals surface area (Å²) in [6.07, 6.45) is 1.40. The summed E-state index contributed by atoms with van der Waals surface area (Å²) in [5, 5.41) is 15.9. The molecule has 0 aromatic rings. The van der Waals surface area contributed by atoms with Gasteiger partial charge in [-0.05, 0) is 25.9 Å². The summed E-state index contributed by atoms with van der Waals surface area (Å²) in [4.78, 5) is 10.3. The minimum absolute atomic E-state index is 0. The van der Waals surface area contributed by atoms with Crippen molar-refractivity contribution in [3.05, 3.63) is 0 Å². The molecule has 1 fully saturated rings. The van der Waals surface area contributed by atoms with Crippen LogP contribution < -0.4 is 34.6 Å². The van der Waals surface area contributed by atoms with Crippen LogP contribution in [0.1, 0.15) is 12.8 Å². The summed E-state index contributed by atoms with van der Waals surface area (Å²) in [5.74, 6) is -1.07. The fourth-order valence-electron chi connectivity index (χ4n) is 0.982. The van der Waals surface area contributed by atoms with E-state index in [-0.39, 0.29) is 18.9 Å². The monoisotopic (exact) mass is 150 g/mol. The molecule has 1 saturated heterocycles. The van der Waals surface area contributed by atoms with Crippen LogP contribution in [0.15, 0.2) is 0 Å². The first-order valence-electron chi connectivity index (χ1n) is 3.48. The molecular weight excluding hydrogens is 139 g/mol. The van der Waals surface area contributed by atoms with E-state index in [2.05, 4.69) is 10.6 Å². The molecule has 1 heterocycles. The molecule has 0 atom stereocenters. The largest absolute Gasteiger partial charge is 1.00 e. The van der Waals surface area contributed by atoms with Crippen LogP contribution in [0.4, 0.5) is 0 Å². The molecule has 0 aliphatic carbocycles. The molecule has 0 aromatic carbocycles. The average molecular weight is 150 g/mol. The number of carboxylic acid groups (broad SMARTS) is 1. The first kappa shape index (κ1) is 11.0. The summed E-state index contributed by atoms with van der Waals surface area (Å²) in [6.45, 7) is 1.51. The molecular formula is C6H11LiN2O2. The standard InChI is InChI=1S/C6H12N2O2.Li/c9-6(10)5-7-3-1-2-4-8-5;/h5,7-8H,1-4H2,(H,9,10);/q;+1/p-1. The zero-order chi connectivity index (χ0) is 7.40. The Labute approximate surface area is 77.9 Å². The summed E-state index contributed by atoms with van der Waals surface area (Å²) >= 11 is 0. The zero-order valence-electron chi connectivity index (χ0n) is 6.72. The van der Waals surface area contributed by atoms with Crippen LogP contribution in [0.5, 0.6) is 0 Å². The van der Waals surface area contributed by atoms with Crippen molar-refractivity contribution in [1.29, 1.82) is 0 Å². The topological polar surface area (TPSA) is 64.2 Å². The van der Waals surface area contributed by atoms with Gasteiger partial charge in [-0.3, -0.25) is 10.6 Å². The second-order valence-corrected chi connectivity index (χ2v) is 2.37. The van der Waals surface area contributed by atoms with Gasteiger partial charge in [0, 0.05) is 0 Å². The summed E-state index contributed by atoms with van der Waals surface area (Å²) in [6, 6.07) is 0. The van der Waals surface area contributed by atoms with E-state index in [1.165, 1.54) is 0 Å². The molecule has 1 aliphatic rings. The van der Waals surface area contributed by atoms with Gasteiger partial charge in [0.05, 0.1) is 12.1 Å². The Balaban J connectivity index is 0.000001000. The Morgan fingerprint density at radius 2 is 1.73 bits per heavy atom. The van der Waals surface area contributed by atoms with Crippen molar-refractivity contribution in [1.82, 2.24) is 10.6 Å². The smallest absolute Gasteiger partial charge is 0.547 e. The predicted octanol–water partition coefficient (Wildman–Crippen LogP) is -4.96. The van der Waals surface area contributed by atoms with Gasteiger partial charge in [-0.15, -0.1) is 0 Å². The van der Waals surface area contributed by atoms with E-state index >= 15 is 0 Å². The third-order valence-corrected chi connectivity index (χ3v) is 1.54. The van der Waals surface area contributed by atoms with E-state index in [0.29, 0.717) is 0 Å². The maximum atomic E-state index is 10.3. The number of nitrogens with one attached hydrogen (secondary N) is 2. The van der Waals surface area contributed by atoms with Gasteiger partial charge in [0.15, 0.2) is 0 Å². The van der Waals surface area contributed by atoms with Gasteiger partial charge >= 0.3 is 18.9 Å². The number of hydrogen-bond acceptors (Lipinski definition) is 4. The molecule has 1 aliphatic heterocycles. The van der Waals surface area contributed by atoms with Crippen LogP contribution in [0.3, 0.4) is 0 Å². The van der Waals surface area contributed by atoms with Crippen molar-refractivity contribution in [2.45, 2.75) is 19.0 Å². The minimum Gasteiger partial charge on any atom is -0.547 e. The van der Waals surface area contributed by atoms with Crippen molar-refractivity contribution in [3.8, 4) is 0 Å². The van der Waals surface area contributed by atoms with Gasteiger partial charge in [-0.2, -0.15) is 0 Å². The van der Waals surface area contributed by atoms with Gasteiger partial charge in [0.2, 0.25) is 0 Å². The Hall–Kier alpha value is -0.0126. The van der Waals surface area contributed by atoms with Gasteiger partial charge in [0.25, 0.3) is 0 Å². The summed E-state index contributed by atoms with van der Waals surface area (Å²) in [5.41, 5.74) is 0. The fourth-order valence-corrected chi connectivity index (χ4v) is 0.982. The Kier molecular flexibility index (Phi) is 5.61. The Morgan fingerprint density at radius 3 is 2.09 bits per heavy atom. The van der Waals surface area contributed by atoms with Crippen molar-refractivity contribution in [3.63, 3.8) is 0 Å².